The number of furan rings is 1. The van der Waals surface area contributed by atoms with Crippen molar-refractivity contribution in [3.05, 3.63) is 35.3 Å². The molecule has 0 N–H and O–H groups in total. The molecule has 0 amide bonds. The predicted molar refractivity (Wildman–Crippen MR) is 122 cm³/mol. The molecule has 0 aromatic carbocycles. The minimum absolute atomic E-state index is 0.0287. The Hall–Kier alpha value is -2.41. The second-order valence-electron chi connectivity index (χ2n) is 12.3. The van der Waals surface area contributed by atoms with Crippen molar-refractivity contribution >= 4 is 17.7 Å². The number of ketones is 1. The quantitative estimate of drug-likeness (QED) is 0.480. The molecule has 7 nitrogen and oxygen atoms in total. The Balaban J connectivity index is 1.45. The zero-order valence-electron chi connectivity index (χ0n) is 20.8. The number of hydrogen-bond donors (Lipinski definition) is 0. The largest absolute Gasteiger partial charge is 0.472 e. The van der Waals surface area contributed by atoms with Gasteiger partial charge in [-0.25, -0.2) is 0 Å². The van der Waals surface area contributed by atoms with Gasteiger partial charge in [0.1, 0.15) is 18.0 Å². The van der Waals surface area contributed by atoms with E-state index in [4.69, 9.17) is 18.6 Å². The minimum atomic E-state index is -0.887. The van der Waals surface area contributed by atoms with E-state index in [0.29, 0.717) is 0 Å². The van der Waals surface area contributed by atoms with Crippen molar-refractivity contribution in [2.24, 2.45) is 39.9 Å². The number of rotatable bonds is 3. The van der Waals surface area contributed by atoms with Crippen molar-refractivity contribution in [1.29, 1.82) is 0 Å². The summed E-state index contributed by atoms with van der Waals surface area (Å²) in [6.07, 6.45) is 4.03. The molecule has 3 unspecified atom stereocenters. The van der Waals surface area contributed by atoms with Crippen LogP contribution in [0, 0.1) is 39.9 Å². The maximum Gasteiger partial charge on any atom is 0.312 e. The summed E-state index contributed by atoms with van der Waals surface area (Å²) in [4.78, 5) is 40.5. The average molecular weight is 481 g/mol. The molecule has 5 fully saturated rings. The first-order valence-corrected chi connectivity index (χ1v) is 12.8. The summed E-state index contributed by atoms with van der Waals surface area (Å²) in [5.41, 5.74) is 1.22. The molecule has 6 aliphatic rings. The number of esters is 2. The summed E-state index contributed by atoms with van der Waals surface area (Å²) in [5, 5.41) is 0. The van der Waals surface area contributed by atoms with Crippen LogP contribution in [-0.2, 0) is 28.6 Å². The van der Waals surface area contributed by atoms with Gasteiger partial charge in [0.2, 0.25) is 0 Å². The summed E-state index contributed by atoms with van der Waals surface area (Å²) >= 11 is 0. The molecule has 0 spiro atoms. The highest BCUT2D eigenvalue weighted by atomic mass is 16.6. The number of methoxy groups -OCH3 is 1. The van der Waals surface area contributed by atoms with Gasteiger partial charge >= 0.3 is 11.9 Å². The lowest BCUT2D eigenvalue weighted by atomic mass is 9.40. The number of fused-ring (bicyclic) bond motifs is 6. The lowest BCUT2D eigenvalue weighted by molar-refractivity contribution is -0.198. The van der Waals surface area contributed by atoms with Gasteiger partial charge in [-0.1, -0.05) is 19.4 Å². The molecule has 3 saturated carbocycles. The first-order chi connectivity index (χ1) is 16.6. The van der Waals surface area contributed by atoms with E-state index >= 15 is 0 Å². The molecule has 11 atom stereocenters. The third-order valence-electron chi connectivity index (χ3n) is 11.2. The monoisotopic (exact) mass is 480 g/mol. The van der Waals surface area contributed by atoms with Gasteiger partial charge in [0, 0.05) is 28.6 Å². The topological polar surface area (TPSA) is 92.0 Å². The van der Waals surface area contributed by atoms with Crippen molar-refractivity contribution in [1.82, 2.24) is 0 Å². The Morgan fingerprint density at radius 3 is 2.60 bits per heavy atom. The van der Waals surface area contributed by atoms with Crippen LogP contribution in [-0.4, -0.2) is 43.1 Å². The van der Waals surface area contributed by atoms with Crippen molar-refractivity contribution in [2.75, 3.05) is 7.11 Å². The van der Waals surface area contributed by atoms with Crippen LogP contribution in [0.1, 0.15) is 58.4 Å². The first-order valence-electron chi connectivity index (χ1n) is 12.8. The second-order valence-corrected chi connectivity index (χ2v) is 12.3. The molecule has 0 bridgehead atoms. The van der Waals surface area contributed by atoms with E-state index in [9.17, 15) is 14.4 Å². The van der Waals surface area contributed by atoms with E-state index in [-0.39, 0.29) is 59.8 Å². The fourth-order valence-electron chi connectivity index (χ4n) is 9.74. The van der Waals surface area contributed by atoms with Gasteiger partial charge in [-0.3, -0.25) is 14.4 Å². The van der Waals surface area contributed by atoms with Gasteiger partial charge in [0.25, 0.3) is 0 Å². The number of allylic oxidation sites excluding steroid dienone is 1. The van der Waals surface area contributed by atoms with Crippen molar-refractivity contribution in [2.45, 2.75) is 71.2 Å². The first kappa shape index (κ1) is 21.8. The number of ether oxygens (including phenoxy) is 3. The third-order valence-corrected chi connectivity index (χ3v) is 11.2. The maximum absolute atomic E-state index is 14.1. The zero-order valence-corrected chi connectivity index (χ0v) is 20.8. The molecule has 7 heteroatoms. The van der Waals surface area contributed by atoms with Crippen molar-refractivity contribution < 1.29 is 33.0 Å². The average Bonchev–Trinajstić information content (AvgIpc) is 3.07. The van der Waals surface area contributed by atoms with Crippen LogP contribution >= 0.6 is 0 Å². The summed E-state index contributed by atoms with van der Waals surface area (Å²) in [6.45, 7) is 8.27. The maximum atomic E-state index is 14.1. The van der Waals surface area contributed by atoms with Crippen LogP contribution in [0.25, 0.3) is 0 Å². The zero-order chi connectivity index (χ0) is 24.7. The smallest absolute Gasteiger partial charge is 0.312 e. The fourth-order valence-corrected chi connectivity index (χ4v) is 9.74. The van der Waals surface area contributed by atoms with E-state index in [1.807, 2.05) is 19.9 Å². The Morgan fingerprint density at radius 2 is 1.91 bits per heavy atom. The fraction of sp³-hybridized carbons (Fsp3) is 0.679. The summed E-state index contributed by atoms with van der Waals surface area (Å²) in [5.74, 6) is -0.967. The molecule has 4 aliphatic carbocycles. The van der Waals surface area contributed by atoms with Crippen LogP contribution in [0.15, 0.2) is 34.2 Å². The lowest BCUT2D eigenvalue weighted by Gasteiger charge is -2.60. The lowest BCUT2D eigenvalue weighted by Crippen LogP contribution is -2.67. The number of hydrogen-bond acceptors (Lipinski definition) is 7. The van der Waals surface area contributed by atoms with Gasteiger partial charge in [-0.05, 0) is 55.7 Å². The van der Waals surface area contributed by atoms with Crippen LogP contribution in [0.3, 0.4) is 0 Å². The van der Waals surface area contributed by atoms with Crippen molar-refractivity contribution in [3.8, 4) is 0 Å². The number of carbonyl (C=O) groups excluding carboxylic acids is 3. The third kappa shape index (κ3) is 2.26. The van der Waals surface area contributed by atoms with E-state index < -0.39 is 28.5 Å². The van der Waals surface area contributed by atoms with Gasteiger partial charge in [-0.15, -0.1) is 0 Å². The number of Topliss-reactive ketones (excluding diaryl/α,β-unsaturated/α-hetero) is 1. The van der Waals surface area contributed by atoms with Crippen LogP contribution in [0.4, 0.5) is 0 Å². The van der Waals surface area contributed by atoms with Gasteiger partial charge < -0.3 is 18.6 Å². The van der Waals surface area contributed by atoms with E-state index in [2.05, 4.69) is 13.8 Å². The van der Waals surface area contributed by atoms with Crippen LogP contribution in [0.2, 0.25) is 0 Å². The highest BCUT2D eigenvalue weighted by Crippen LogP contribution is 2.77. The summed E-state index contributed by atoms with van der Waals surface area (Å²) in [7, 11) is 1.39. The highest BCUT2D eigenvalue weighted by Gasteiger charge is 2.83. The Bertz CT molecular complexity index is 1200. The molecular formula is C28H32O7. The molecule has 3 heterocycles. The molecule has 2 aliphatic heterocycles. The van der Waals surface area contributed by atoms with E-state index in [1.54, 1.807) is 12.5 Å². The predicted octanol–water partition coefficient (Wildman–Crippen LogP) is 3.82. The summed E-state index contributed by atoms with van der Waals surface area (Å²) < 4.78 is 23.5. The molecule has 2 saturated heterocycles. The molecular weight excluding hydrogens is 448 g/mol. The molecule has 1 aromatic heterocycles. The van der Waals surface area contributed by atoms with Crippen LogP contribution in [0.5, 0.6) is 0 Å². The van der Waals surface area contributed by atoms with E-state index in [0.717, 1.165) is 24.0 Å². The van der Waals surface area contributed by atoms with Gasteiger partial charge in [0.15, 0.2) is 0 Å². The molecule has 35 heavy (non-hydrogen) atoms. The standard InChI is InChI=1S/C28H32O7/c1-12-14(13-6-7-33-11-13)9-17-20(12)27(3)18(10-19(29)32-5)28(4)22-21(24(27)34-17)35-25(31)26(22,2)16-8-15(16)23(28)30/h6-7,11,14-18,21-22,24H,8-10H2,1-5H3/t14?,15?,16-,17?,18-,21+,22-,24+,26+,27+,28+/m0/s1. The van der Waals surface area contributed by atoms with E-state index in [1.165, 1.54) is 12.7 Å². The Morgan fingerprint density at radius 1 is 1.14 bits per heavy atom. The normalized spacial score (nSPS) is 50.9. The molecule has 186 valence electrons. The molecule has 7 rings (SSSR count). The Kier molecular flexibility index (Phi) is 4.04. The minimum Gasteiger partial charge on any atom is -0.472 e. The molecule has 0 radical (unpaired) electrons. The van der Waals surface area contributed by atoms with Gasteiger partial charge in [0.05, 0.1) is 37.6 Å². The van der Waals surface area contributed by atoms with Gasteiger partial charge in [-0.2, -0.15) is 0 Å². The highest BCUT2D eigenvalue weighted by molar-refractivity contribution is 5.97. The summed E-state index contributed by atoms with van der Waals surface area (Å²) in [6, 6.07) is 1.99. The SMILES string of the molecule is COC(=O)C[C@H]1[C@]2(C)C3=C(C)C(c4ccoc4)CC3O[C@@H]2[C@@H]2OC(=O)[C@@]3(C)[C@H]2[C@]1(C)C(=O)C1C[C@@H]13. The second kappa shape index (κ2) is 6.47. The molecule has 1 aromatic rings. The van der Waals surface area contributed by atoms with Crippen LogP contribution < -0.4 is 0 Å². The van der Waals surface area contributed by atoms with Crippen molar-refractivity contribution in [3.63, 3.8) is 0 Å². The number of carbonyl (C=O) groups is 3. The Labute approximate surface area is 204 Å².